The molecule has 1 aromatic carbocycles. The number of carbonyl (C=O) groups excluding carboxylic acids is 1. The van der Waals surface area contributed by atoms with Crippen LogP contribution in [-0.2, 0) is 11.3 Å². The van der Waals surface area contributed by atoms with Crippen molar-refractivity contribution in [3.8, 4) is 22.3 Å². The zero-order chi connectivity index (χ0) is 19.4. The molecule has 0 radical (unpaired) electrons. The number of benzene rings is 1. The first-order chi connectivity index (χ1) is 13.0. The Morgan fingerprint density at radius 2 is 2.15 bits per heavy atom. The van der Waals surface area contributed by atoms with Crippen LogP contribution in [0.15, 0.2) is 44.9 Å². The predicted octanol–water partition coefficient (Wildman–Crippen LogP) is 2.46. The molecule has 0 aliphatic heterocycles. The smallest absolute Gasteiger partial charge is 0.437 e. The van der Waals surface area contributed by atoms with E-state index in [0.717, 1.165) is 15.1 Å². The maximum absolute atomic E-state index is 12.4. The van der Waals surface area contributed by atoms with Crippen molar-refractivity contribution in [2.75, 3.05) is 14.2 Å². The molecule has 1 amide bonds. The lowest BCUT2D eigenvalue weighted by Crippen LogP contribution is -2.33. The van der Waals surface area contributed by atoms with E-state index < -0.39 is 5.76 Å². The maximum Gasteiger partial charge on any atom is 0.437 e. The van der Waals surface area contributed by atoms with E-state index in [9.17, 15) is 9.59 Å². The first-order valence-corrected chi connectivity index (χ1v) is 9.03. The molecule has 0 spiro atoms. The Labute approximate surface area is 159 Å². The Balaban J connectivity index is 1.72. The second kappa shape index (κ2) is 8.09. The molecule has 8 nitrogen and oxygen atoms in total. The van der Waals surface area contributed by atoms with Crippen molar-refractivity contribution < 1.29 is 18.7 Å². The van der Waals surface area contributed by atoms with Crippen LogP contribution in [0.25, 0.3) is 10.8 Å². The molecule has 3 rings (SSSR count). The van der Waals surface area contributed by atoms with Gasteiger partial charge in [-0.25, -0.2) is 4.79 Å². The lowest BCUT2D eigenvalue weighted by atomic mass is 10.1. The van der Waals surface area contributed by atoms with E-state index in [0.29, 0.717) is 11.5 Å². The topological polar surface area (TPSA) is 95.6 Å². The molecule has 1 atom stereocenters. The molecule has 2 aromatic heterocycles. The number of nitrogens with zero attached hydrogens (tertiary/aromatic N) is 2. The number of nitrogens with one attached hydrogen (secondary N) is 1. The van der Waals surface area contributed by atoms with Crippen molar-refractivity contribution in [3.63, 3.8) is 0 Å². The molecule has 0 fully saturated rings. The SMILES string of the molecule is COc1ccc(OC)c(C(C)NC(=O)Cn2nc(-c3cccs3)oc2=O)c1. The third-order valence-electron chi connectivity index (χ3n) is 3.91. The molecular formula is C18H19N3O5S. The van der Waals surface area contributed by atoms with E-state index in [4.69, 9.17) is 13.9 Å². The standard InChI is InChI=1S/C18H19N3O5S/c1-11(13-9-12(24-2)6-7-14(13)25-3)19-16(22)10-21-18(23)26-17(20-21)15-5-4-8-27-15/h4-9,11H,10H2,1-3H3,(H,19,22). The molecule has 2 heterocycles. The van der Waals surface area contributed by atoms with Gasteiger partial charge in [0, 0.05) is 5.56 Å². The molecule has 142 valence electrons. The number of hydrogen-bond donors (Lipinski definition) is 1. The van der Waals surface area contributed by atoms with Crippen LogP contribution in [0.2, 0.25) is 0 Å². The van der Waals surface area contributed by atoms with Crippen molar-refractivity contribution in [2.24, 2.45) is 0 Å². The minimum Gasteiger partial charge on any atom is -0.497 e. The van der Waals surface area contributed by atoms with Gasteiger partial charge in [0.1, 0.15) is 18.0 Å². The summed E-state index contributed by atoms with van der Waals surface area (Å²) in [7, 11) is 3.12. The van der Waals surface area contributed by atoms with Crippen molar-refractivity contribution in [1.29, 1.82) is 0 Å². The number of ether oxygens (including phenoxy) is 2. The first kappa shape index (κ1) is 18.7. The average molecular weight is 389 g/mol. The second-order valence-electron chi connectivity index (χ2n) is 5.71. The van der Waals surface area contributed by atoms with Gasteiger partial charge in [-0.15, -0.1) is 16.4 Å². The highest BCUT2D eigenvalue weighted by atomic mass is 32.1. The average Bonchev–Trinajstić information content (AvgIpc) is 3.31. The number of aromatic nitrogens is 2. The number of carbonyl (C=O) groups is 1. The molecular weight excluding hydrogens is 370 g/mol. The molecule has 1 unspecified atom stereocenters. The van der Waals surface area contributed by atoms with Crippen LogP contribution in [0.5, 0.6) is 11.5 Å². The molecule has 27 heavy (non-hydrogen) atoms. The van der Waals surface area contributed by atoms with Gasteiger partial charge in [-0.3, -0.25) is 4.79 Å². The van der Waals surface area contributed by atoms with Crippen LogP contribution in [0.1, 0.15) is 18.5 Å². The molecule has 3 aromatic rings. The van der Waals surface area contributed by atoms with Crippen LogP contribution in [0.4, 0.5) is 0 Å². The normalized spacial score (nSPS) is 11.8. The number of methoxy groups -OCH3 is 2. The fourth-order valence-electron chi connectivity index (χ4n) is 2.58. The monoisotopic (exact) mass is 389 g/mol. The highest BCUT2D eigenvalue weighted by Gasteiger charge is 2.18. The summed E-state index contributed by atoms with van der Waals surface area (Å²) in [6.07, 6.45) is 0. The second-order valence-corrected chi connectivity index (χ2v) is 6.65. The summed E-state index contributed by atoms with van der Waals surface area (Å²) in [6, 6.07) is 8.60. The number of amides is 1. The van der Waals surface area contributed by atoms with Crippen LogP contribution < -0.4 is 20.5 Å². The summed E-state index contributed by atoms with van der Waals surface area (Å²) < 4.78 is 16.7. The highest BCUT2D eigenvalue weighted by Crippen LogP contribution is 2.29. The van der Waals surface area contributed by atoms with Crippen molar-refractivity contribution >= 4 is 17.2 Å². The highest BCUT2D eigenvalue weighted by molar-refractivity contribution is 7.13. The Morgan fingerprint density at radius 1 is 1.33 bits per heavy atom. The fourth-order valence-corrected chi connectivity index (χ4v) is 3.23. The van der Waals surface area contributed by atoms with Gasteiger partial charge in [0.25, 0.3) is 5.89 Å². The van der Waals surface area contributed by atoms with Crippen LogP contribution >= 0.6 is 11.3 Å². The molecule has 0 saturated heterocycles. The predicted molar refractivity (Wildman–Crippen MR) is 100 cm³/mol. The van der Waals surface area contributed by atoms with E-state index in [2.05, 4.69) is 10.4 Å². The summed E-state index contributed by atoms with van der Waals surface area (Å²) in [6.45, 7) is 1.57. The van der Waals surface area contributed by atoms with Gasteiger partial charge >= 0.3 is 5.76 Å². The third-order valence-corrected chi connectivity index (χ3v) is 4.77. The summed E-state index contributed by atoms with van der Waals surface area (Å²) in [5.74, 6) is 0.424. The quantitative estimate of drug-likeness (QED) is 0.667. The van der Waals surface area contributed by atoms with Gasteiger partial charge < -0.3 is 19.2 Å². The Morgan fingerprint density at radius 3 is 2.81 bits per heavy atom. The zero-order valence-electron chi connectivity index (χ0n) is 15.1. The first-order valence-electron chi connectivity index (χ1n) is 8.15. The van der Waals surface area contributed by atoms with Gasteiger partial charge in [-0.2, -0.15) is 4.68 Å². The van der Waals surface area contributed by atoms with Crippen molar-refractivity contribution in [1.82, 2.24) is 15.1 Å². The molecule has 0 saturated carbocycles. The largest absolute Gasteiger partial charge is 0.497 e. The van der Waals surface area contributed by atoms with Crippen LogP contribution in [-0.4, -0.2) is 29.9 Å². The van der Waals surface area contributed by atoms with E-state index in [1.54, 1.807) is 38.5 Å². The third kappa shape index (κ3) is 4.20. The van der Waals surface area contributed by atoms with Crippen molar-refractivity contribution in [2.45, 2.75) is 19.5 Å². The lowest BCUT2D eigenvalue weighted by Gasteiger charge is -2.18. The van der Waals surface area contributed by atoms with Crippen LogP contribution in [0, 0.1) is 0 Å². The molecule has 1 N–H and O–H groups in total. The summed E-state index contributed by atoms with van der Waals surface area (Å²) in [5.41, 5.74) is 0.761. The van der Waals surface area contributed by atoms with Gasteiger partial charge in [-0.05, 0) is 36.6 Å². The minimum absolute atomic E-state index is 0.199. The Kier molecular flexibility index (Phi) is 5.60. The number of rotatable bonds is 7. The molecule has 0 aliphatic carbocycles. The summed E-state index contributed by atoms with van der Waals surface area (Å²) in [5, 5.41) is 8.76. The minimum atomic E-state index is -0.680. The maximum atomic E-state index is 12.4. The number of thiophene rings is 1. The van der Waals surface area contributed by atoms with Gasteiger partial charge in [0.2, 0.25) is 5.91 Å². The Hall–Kier alpha value is -3.07. The van der Waals surface area contributed by atoms with E-state index in [1.165, 1.54) is 11.3 Å². The van der Waals surface area contributed by atoms with Crippen LogP contribution in [0.3, 0.4) is 0 Å². The van der Waals surface area contributed by atoms with E-state index in [1.807, 2.05) is 18.4 Å². The van der Waals surface area contributed by atoms with E-state index >= 15 is 0 Å². The van der Waals surface area contributed by atoms with Crippen molar-refractivity contribution in [3.05, 3.63) is 51.8 Å². The molecule has 9 heteroatoms. The zero-order valence-corrected chi connectivity index (χ0v) is 15.9. The van der Waals surface area contributed by atoms with Gasteiger partial charge in [0.15, 0.2) is 0 Å². The molecule has 0 bridgehead atoms. The fraction of sp³-hybridized carbons (Fsp3) is 0.278. The lowest BCUT2D eigenvalue weighted by molar-refractivity contribution is -0.122. The Bertz CT molecular complexity index is 977. The molecule has 0 aliphatic rings. The summed E-state index contributed by atoms with van der Waals surface area (Å²) >= 11 is 1.40. The van der Waals surface area contributed by atoms with Gasteiger partial charge in [0.05, 0.1) is 25.1 Å². The number of hydrogen-bond acceptors (Lipinski definition) is 7. The summed E-state index contributed by atoms with van der Waals surface area (Å²) in [4.78, 5) is 25.0. The van der Waals surface area contributed by atoms with E-state index in [-0.39, 0.29) is 24.4 Å². The van der Waals surface area contributed by atoms with Gasteiger partial charge in [-0.1, -0.05) is 6.07 Å².